The van der Waals surface area contributed by atoms with Gasteiger partial charge in [0.15, 0.2) is 0 Å². The second-order valence-electron chi connectivity index (χ2n) is 9.55. The number of benzene rings is 1. The van der Waals surface area contributed by atoms with Gasteiger partial charge >= 0.3 is 11.9 Å². The third-order valence-corrected chi connectivity index (χ3v) is 4.18. The number of esters is 1. The smallest absolute Gasteiger partial charge is 0.339 e. The molecule has 0 bridgehead atoms. The zero-order chi connectivity index (χ0) is 21.2. The second kappa shape index (κ2) is 7.89. The predicted molar refractivity (Wildman–Crippen MR) is 105 cm³/mol. The molecule has 0 aliphatic carbocycles. The Balaban J connectivity index is 3.03. The Morgan fingerprint density at radius 1 is 1.07 bits per heavy atom. The molecule has 3 N–H and O–H groups in total. The molecule has 0 aromatic heterocycles. The summed E-state index contributed by atoms with van der Waals surface area (Å²) >= 11 is 0. The van der Waals surface area contributed by atoms with Crippen LogP contribution in [0.3, 0.4) is 0 Å². The maximum absolute atomic E-state index is 12.3. The van der Waals surface area contributed by atoms with Crippen molar-refractivity contribution in [3.05, 3.63) is 29.3 Å². The highest BCUT2D eigenvalue weighted by atomic mass is 16.6. The fourth-order valence-electron chi connectivity index (χ4n) is 2.32. The maximum atomic E-state index is 12.3. The van der Waals surface area contributed by atoms with E-state index in [0.717, 1.165) is 5.56 Å². The molecule has 6 nitrogen and oxygen atoms in total. The van der Waals surface area contributed by atoms with Crippen LogP contribution < -0.4 is 10.5 Å². The number of carbonyl (C=O) groups excluding carboxylic acids is 1. The molecule has 6 heteroatoms. The van der Waals surface area contributed by atoms with E-state index >= 15 is 0 Å². The number of nitrogens with two attached hydrogens (primary N) is 1. The Labute approximate surface area is 162 Å². The molecule has 1 atom stereocenters. The van der Waals surface area contributed by atoms with Crippen LogP contribution in [0.1, 0.15) is 71.3 Å². The Hall–Kier alpha value is -2.08. The fourth-order valence-corrected chi connectivity index (χ4v) is 2.32. The van der Waals surface area contributed by atoms with Crippen molar-refractivity contribution in [3.63, 3.8) is 0 Å². The van der Waals surface area contributed by atoms with Crippen LogP contribution in [0.5, 0.6) is 5.75 Å². The van der Waals surface area contributed by atoms with Gasteiger partial charge in [-0.15, -0.1) is 0 Å². The van der Waals surface area contributed by atoms with Gasteiger partial charge in [0.2, 0.25) is 0 Å². The van der Waals surface area contributed by atoms with Gasteiger partial charge in [0.25, 0.3) is 0 Å². The summed E-state index contributed by atoms with van der Waals surface area (Å²) in [7, 11) is 0. The number of hydrogen-bond donors (Lipinski definition) is 2. The van der Waals surface area contributed by atoms with Crippen molar-refractivity contribution >= 4 is 11.9 Å². The highest BCUT2D eigenvalue weighted by molar-refractivity contribution is 5.91. The molecule has 0 heterocycles. The summed E-state index contributed by atoms with van der Waals surface area (Å²) in [6.07, 6.45) is 0. The minimum atomic E-state index is -1.07. The van der Waals surface area contributed by atoms with E-state index in [1.165, 1.54) is 0 Å². The monoisotopic (exact) mass is 379 g/mol. The molecule has 0 saturated carbocycles. The third kappa shape index (κ3) is 6.54. The number of rotatable bonds is 6. The first-order valence-electron chi connectivity index (χ1n) is 9.04. The van der Waals surface area contributed by atoms with Crippen LogP contribution in [0.2, 0.25) is 0 Å². The predicted octanol–water partition coefficient (Wildman–Crippen LogP) is 3.76. The van der Waals surface area contributed by atoms with E-state index in [9.17, 15) is 14.7 Å². The number of ether oxygens (including phenoxy) is 2. The van der Waals surface area contributed by atoms with Crippen LogP contribution in [0.4, 0.5) is 0 Å². The molecular weight excluding hydrogens is 346 g/mol. The molecule has 0 radical (unpaired) electrons. The van der Waals surface area contributed by atoms with Crippen LogP contribution in [0, 0.1) is 5.41 Å². The quantitative estimate of drug-likeness (QED) is 0.730. The number of carboxylic acid groups (broad SMARTS) is 1. The Bertz CT molecular complexity index is 696. The van der Waals surface area contributed by atoms with Gasteiger partial charge in [0.05, 0.1) is 6.61 Å². The van der Waals surface area contributed by atoms with Gasteiger partial charge in [-0.3, -0.25) is 4.79 Å². The van der Waals surface area contributed by atoms with Crippen molar-refractivity contribution in [2.24, 2.45) is 11.1 Å². The van der Waals surface area contributed by atoms with Gasteiger partial charge < -0.3 is 20.3 Å². The molecule has 27 heavy (non-hydrogen) atoms. The largest absolute Gasteiger partial charge is 0.492 e. The average Bonchev–Trinajstić information content (AvgIpc) is 2.49. The molecule has 0 fully saturated rings. The summed E-state index contributed by atoms with van der Waals surface area (Å²) in [6.45, 7) is 15.1. The van der Waals surface area contributed by atoms with Crippen LogP contribution in [0.25, 0.3) is 0 Å². The standard InChI is InChI=1S/C21H33NO5/c1-19(2,3)13-9-10-14(17(23)24)15(11-13)26-12-21(7,8)16(22)18(25)27-20(4,5)6/h9-11,16H,12,22H2,1-8H3,(H,23,24). The minimum absolute atomic E-state index is 0.0707. The Kier molecular flexibility index (Phi) is 6.71. The molecule has 1 unspecified atom stereocenters. The van der Waals surface area contributed by atoms with Crippen LogP contribution >= 0.6 is 0 Å². The molecule has 0 aliphatic rings. The second-order valence-corrected chi connectivity index (χ2v) is 9.55. The van der Waals surface area contributed by atoms with Crippen molar-refractivity contribution in [2.45, 2.75) is 72.4 Å². The van der Waals surface area contributed by atoms with Crippen molar-refractivity contribution in [1.29, 1.82) is 0 Å². The first-order valence-corrected chi connectivity index (χ1v) is 9.04. The lowest BCUT2D eigenvalue weighted by Gasteiger charge is -2.32. The first-order chi connectivity index (χ1) is 12.0. The lowest BCUT2D eigenvalue weighted by molar-refractivity contribution is -0.160. The molecule has 0 amide bonds. The molecule has 1 aromatic carbocycles. The molecular formula is C21H33NO5. The number of hydrogen-bond acceptors (Lipinski definition) is 5. The fraction of sp³-hybridized carbons (Fsp3) is 0.619. The van der Waals surface area contributed by atoms with E-state index in [4.69, 9.17) is 15.2 Å². The normalized spacial score (nSPS) is 13.8. The van der Waals surface area contributed by atoms with Crippen molar-refractivity contribution in [2.75, 3.05) is 6.61 Å². The molecule has 1 aromatic rings. The third-order valence-electron chi connectivity index (χ3n) is 4.18. The summed E-state index contributed by atoms with van der Waals surface area (Å²) in [6, 6.07) is 4.15. The average molecular weight is 379 g/mol. The van der Waals surface area contributed by atoms with Gasteiger partial charge in [-0.05, 0) is 43.9 Å². The minimum Gasteiger partial charge on any atom is -0.492 e. The topological polar surface area (TPSA) is 98.9 Å². The van der Waals surface area contributed by atoms with Crippen molar-refractivity contribution < 1.29 is 24.2 Å². The maximum Gasteiger partial charge on any atom is 0.339 e. The van der Waals surface area contributed by atoms with Gasteiger partial charge in [-0.2, -0.15) is 0 Å². The van der Waals surface area contributed by atoms with E-state index in [0.29, 0.717) is 0 Å². The number of carbonyl (C=O) groups is 2. The molecule has 152 valence electrons. The molecule has 1 rings (SSSR count). The van der Waals surface area contributed by atoms with E-state index in [-0.39, 0.29) is 23.3 Å². The summed E-state index contributed by atoms with van der Waals surface area (Å²) in [5.74, 6) is -1.32. The highest BCUT2D eigenvalue weighted by Crippen LogP contribution is 2.31. The van der Waals surface area contributed by atoms with E-state index < -0.39 is 29.0 Å². The van der Waals surface area contributed by atoms with Crippen LogP contribution in [-0.4, -0.2) is 35.3 Å². The van der Waals surface area contributed by atoms with Gasteiger partial charge in [-0.25, -0.2) is 4.79 Å². The Morgan fingerprint density at radius 2 is 1.63 bits per heavy atom. The summed E-state index contributed by atoms with van der Waals surface area (Å²) < 4.78 is 11.2. The SMILES string of the molecule is CC(C)(C)OC(=O)C(N)C(C)(C)COc1cc(C(C)(C)C)ccc1C(=O)O. The molecule has 0 aliphatic heterocycles. The Morgan fingerprint density at radius 3 is 2.07 bits per heavy atom. The summed E-state index contributed by atoms with van der Waals surface area (Å²) in [5.41, 5.74) is 5.58. The van der Waals surface area contributed by atoms with Crippen LogP contribution in [-0.2, 0) is 14.9 Å². The number of carboxylic acids is 1. The van der Waals surface area contributed by atoms with E-state index in [1.807, 2.05) is 20.8 Å². The lowest BCUT2D eigenvalue weighted by Crippen LogP contribution is -2.49. The van der Waals surface area contributed by atoms with Crippen molar-refractivity contribution in [3.8, 4) is 5.75 Å². The van der Waals surface area contributed by atoms with E-state index in [1.54, 1.807) is 52.8 Å². The summed E-state index contributed by atoms with van der Waals surface area (Å²) in [5, 5.41) is 9.43. The zero-order valence-corrected chi connectivity index (χ0v) is 17.7. The summed E-state index contributed by atoms with van der Waals surface area (Å²) in [4.78, 5) is 23.8. The van der Waals surface area contributed by atoms with Crippen molar-refractivity contribution in [1.82, 2.24) is 0 Å². The zero-order valence-electron chi connectivity index (χ0n) is 17.7. The van der Waals surface area contributed by atoms with Crippen LogP contribution in [0.15, 0.2) is 18.2 Å². The van der Waals surface area contributed by atoms with Gasteiger partial charge in [-0.1, -0.05) is 40.7 Å². The van der Waals surface area contributed by atoms with Gasteiger partial charge in [0.1, 0.15) is 23.0 Å². The molecule has 0 saturated heterocycles. The molecule has 0 spiro atoms. The number of aromatic carboxylic acids is 1. The lowest BCUT2D eigenvalue weighted by atomic mass is 9.85. The van der Waals surface area contributed by atoms with Gasteiger partial charge in [0, 0.05) is 5.41 Å². The van der Waals surface area contributed by atoms with E-state index in [2.05, 4.69) is 0 Å². The highest BCUT2D eigenvalue weighted by Gasteiger charge is 2.36. The first kappa shape index (κ1) is 23.0.